The van der Waals surface area contributed by atoms with Crippen LogP contribution in [0.15, 0.2) is 53.4 Å². The summed E-state index contributed by atoms with van der Waals surface area (Å²) in [6.45, 7) is 2.07. The first-order valence-corrected chi connectivity index (χ1v) is 12.2. The van der Waals surface area contributed by atoms with Crippen LogP contribution >= 0.6 is 0 Å². The molecule has 1 atom stereocenters. The number of carbonyl (C=O) groups is 1. The number of halogens is 1. The minimum Gasteiger partial charge on any atom is -0.497 e. The molecule has 4 rings (SSSR count). The van der Waals surface area contributed by atoms with Crippen molar-refractivity contribution >= 4 is 15.9 Å². The molecule has 7 nitrogen and oxygen atoms in total. The molecule has 2 fully saturated rings. The van der Waals surface area contributed by atoms with Gasteiger partial charge in [0.25, 0.3) is 0 Å². The van der Waals surface area contributed by atoms with Crippen LogP contribution in [0.3, 0.4) is 0 Å². The lowest BCUT2D eigenvalue weighted by molar-refractivity contribution is -0.133. The van der Waals surface area contributed by atoms with Crippen LogP contribution in [0.5, 0.6) is 5.75 Å². The zero-order valence-corrected chi connectivity index (χ0v) is 18.9. The standard InChI is InChI=1S/C23H28FN3O4S/c1-31-19-10-8-18(9-11-19)21-6-4-12-26(21)17-23(28)25-13-15-27(16-14-25)32(29,30)22-7-3-2-5-20(22)24/h2-3,5,7-11,21H,4,6,12-17H2,1H3. The fourth-order valence-electron chi connectivity index (χ4n) is 4.46. The summed E-state index contributed by atoms with van der Waals surface area (Å²) in [5.74, 6) is 0.0375. The Morgan fingerprint density at radius 2 is 1.72 bits per heavy atom. The number of likely N-dealkylation sites (tertiary alicyclic amines) is 1. The van der Waals surface area contributed by atoms with Gasteiger partial charge in [0.05, 0.1) is 13.7 Å². The number of carbonyl (C=O) groups excluding carboxylic acids is 1. The van der Waals surface area contributed by atoms with Crippen molar-refractivity contribution in [3.05, 3.63) is 59.9 Å². The van der Waals surface area contributed by atoms with Crippen LogP contribution in [0, 0.1) is 5.82 Å². The molecule has 1 amide bonds. The van der Waals surface area contributed by atoms with Crippen LogP contribution in [0.25, 0.3) is 0 Å². The zero-order valence-electron chi connectivity index (χ0n) is 18.1. The maximum atomic E-state index is 14.0. The summed E-state index contributed by atoms with van der Waals surface area (Å²) >= 11 is 0. The molecular formula is C23H28FN3O4S. The summed E-state index contributed by atoms with van der Waals surface area (Å²) in [4.78, 5) is 16.5. The number of methoxy groups -OCH3 is 1. The lowest BCUT2D eigenvalue weighted by Crippen LogP contribution is -2.52. The van der Waals surface area contributed by atoms with Crippen molar-refractivity contribution in [3.8, 4) is 5.75 Å². The smallest absolute Gasteiger partial charge is 0.246 e. The Hall–Kier alpha value is -2.49. The largest absolute Gasteiger partial charge is 0.497 e. The second kappa shape index (κ2) is 9.56. The monoisotopic (exact) mass is 461 g/mol. The minimum atomic E-state index is -3.92. The maximum absolute atomic E-state index is 14.0. The second-order valence-electron chi connectivity index (χ2n) is 8.12. The lowest BCUT2D eigenvalue weighted by atomic mass is 10.0. The first kappa shape index (κ1) is 22.7. The lowest BCUT2D eigenvalue weighted by Gasteiger charge is -2.35. The summed E-state index contributed by atoms with van der Waals surface area (Å²) in [5, 5.41) is 0. The van der Waals surface area contributed by atoms with Gasteiger partial charge in [-0.25, -0.2) is 12.8 Å². The first-order valence-electron chi connectivity index (χ1n) is 10.8. The van der Waals surface area contributed by atoms with Gasteiger partial charge in [0.15, 0.2) is 0 Å². The molecule has 32 heavy (non-hydrogen) atoms. The van der Waals surface area contributed by atoms with Gasteiger partial charge in [0, 0.05) is 32.2 Å². The summed E-state index contributed by atoms with van der Waals surface area (Å²) in [5.41, 5.74) is 1.16. The Bertz CT molecular complexity index is 1050. The normalized spacial score (nSPS) is 20.4. The van der Waals surface area contributed by atoms with Gasteiger partial charge >= 0.3 is 0 Å². The van der Waals surface area contributed by atoms with Crippen LogP contribution in [0.4, 0.5) is 4.39 Å². The van der Waals surface area contributed by atoms with Crippen molar-refractivity contribution in [1.29, 1.82) is 0 Å². The van der Waals surface area contributed by atoms with Gasteiger partial charge in [0.1, 0.15) is 16.5 Å². The number of hydrogen-bond donors (Lipinski definition) is 0. The van der Waals surface area contributed by atoms with E-state index in [4.69, 9.17) is 4.74 Å². The predicted octanol–water partition coefficient (Wildman–Crippen LogP) is 2.50. The molecule has 1 unspecified atom stereocenters. The number of rotatable bonds is 6. The van der Waals surface area contributed by atoms with Crippen molar-refractivity contribution in [2.45, 2.75) is 23.8 Å². The average Bonchev–Trinajstić information content (AvgIpc) is 3.27. The van der Waals surface area contributed by atoms with E-state index >= 15 is 0 Å². The number of piperazine rings is 1. The van der Waals surface area contributed by atoms with E-state index in [1.54, 1.807) is 12.0 Å². The fourth-order valence-corrected chi connectivity index (χ4v) is 5.95. The molecule has 0 radical (unpaired) electrons. The third kappa shape index (κ3) is 4.65. The Morgan fingerprint density at radius 1 is 1.03 bits per heavy atom. The molecular weight excluding hydrogens is 433 g/mol. The second-order valence-corrected chi connectivity index (χ2v) is 10.0. The Kier molecular flexibility index (Phi) is 6.78. The predicted molar refractivity (Wildman–Crippen MR) is 118 cm³/mol. The van der Waals surface area contributed by atoms with Crippen molar-refractivity contribution in [2.75, 3.05) is 46.4 Å². The van der Waals surface area contributed by atoms with Crippen LogP contribution in [0.2, 0.25) is 0 Å². The molecule has 9 heteroatoms. The van der Waals surface area contributed by atoms with E-state index in [2.05, 4.69) is 4.90 Å². The highest BCUT2D eigenvalue weighted by atomic mass is 32.2. The summed E-state index contributed by atoms with van der Waals surface area (Å²) < 4.78 is 46.0. The van der Waals surface area contributed by atoms with E-state index in [1.165, 1.54) is 22.5 Å². The van der Waals surface area contributed by atoms with Gasteiger partial charge in [-0.2, -0.15) is 4.31 Å². The van der Waals surface area contributed by atoms with E-state index < -0.39 is 15.8 Å². The molecule has 0 bridgehead atoms. The molecule has 2 aromatic rings. The maximum Gasteiger partial charge on any atom is 0.246 e. The summed E-state index contributed by atoms with van der Waals surface area (Å²) in [7, 11) is -2.28. The van der Waals surface area contributed by atoms with E-state index in [1.807, 2.05) is 24.3 Å². The number of benzene rings is 2. The SMILES string of the molecule is COc1ccc(C2CCCN2CC(=O)N2CCN(S(=O)(=O)c3ccccc3F)CC2)cc1. The Balaban J connectivity index is 1.35. The zero-order chi connectivity index (χ0) is 22.7. The van der Waals surface area contributed by atoms with Gasteiger partial charge < -0.3 is 9.64 Å². The van der Waals surface area contributed by atoms with Crippen LogP contribution in [0.1, 0.15) is 24.4 Å². The van der Waals surface area contributed by atoms with Crippen LogP contribution in [-0.2, 0) is 14.8 Å². The molecule has 2 aromatic carbocycles. The minimum absolute atomic E-state index is 0.00616. The Labute approximate surface area is 188 Å². The van der Waals surface area contributed by atoms with Crippen molar-refractivity contribution in [1.82, 2.24) is 14.1 Å². The van der Waals surface area contributed by atoms with E-state index in [-0.39, 0.29) is 29.9 Å². The quantitative estimate of drug-likeness (QED) is 0.661. The van der Waals surface area contributed by atoms with Crippen molar-refractivity contribution in [3.63, 3.8) is 0 Å². The number of hydrogen-bond acceptors (Lipinski definition) is 5. The highest BCUT2D eigenvalue weighted by Crippen LogP contribution is 2.32. The van der Waals surface area contributed by atoms with Crippen LogP contribution in [-0.4, -0.2) is 74.8 Å². The molecule has 2 aliphatic heterocycles. The van der Waals surface area contributed by atoms with Gasteiger partial charge in [-0.3, -0.25) is 9.69 Å². The average molecular weight is 462 g/mol. The number of nitrogens with zero attached hydrogens (tertiary/aromatic N) is 3. The topological polar surface area (TPSA) is 70.2 Å². The molecule has 2 aliphatic rings. The van der Waals surface area contributed by atoms with Crippen molar-refractivity contribution in [2.24, 2.45) is 0 Å². The molecule has 2 heterocycles. The molecule has 0 N–H and O–H groups in total. The van der Waals surface area contributed by atoms with Crippen molar-refractivity contribution < 1.29 is 22.3 Å². The Morgan fingerprint density at radius 3 is 2.38 bits per heavy atom. The number of ether oxygens (including phenoxy) is 1. The molecule has 0 aromatic heterocycles. The number of amides is 1. The fraction of sp³-hybridized carbons (Fsp3) is 0.435. The molecule has 0 saturated carbocycles. The third-order valence-corrected chi connectivity index (χ3v) is 8.18. The van der Waals surface area contributed by atoms with E-state index in [0.29, 0.717) is 19.6 Å². The molecule has 0 aliphatic carbocycles. The van der Waals surface area contributed by atoms with E-state index in [9.17, 15) is 17.6 Å². The van der Waals surface area contributed by atoms with Gasteiger partial charge in [-0.1, -0.05) is 24.3 Å². The van der Waals surface area contributed by atoms with Gasteiger partial charge in [0.2, 0.25) is 15.9 Å². The molecule has 0 spiro atoms. The molecule has 2 saturated heterocycles. The highest BCUT2D eigenvalue weighted by molar-refractivity contribution is 7.89. The summed E-state index contributed by atoms with van der Waals surface area (Å²) in [6.07, 6.45) is 2.02. The summed E-state index contributed by atoms with van der Waals surface area (Å²) in [6, 6.07) is 13.5. The van der Waals surface area contributed by atoms with Gasteiger partial charge in [-0.05, 0) is 49.2 Å². The number of sulfonamides is 1. The van der Waals surface area contributed by atoms with Gasteiger partial charge in [-0.15, -0.1) is 0 Å². The highest BCUT2D eigenvalue weighted by Gasteiger charge is 2.33. The first-order chi connectivity index (χ1) is 15.4. The molecule has 172 valence electrons. The third-order valence-electron chi connectivity index (χ3n) is 6.25. The van der Waals surface area contributed by atoms with Crippen LogP contribution < -0.4 is 4.74 Å². The van der Waals surface area contributed by atoms with E-state index in [0.717, 1.165) is 36.8 Å².